The largest absolute Gasteiger partial charge is 0.493 e. The lowest BCUT2D eigenvalue weighted by molar-refractivity contribution is -0.113. The predicted molar refractivity (Wildman–Crippen MR) is 119 cm³/mol. The standard InChI is InChI=1S/C20H19N5O3S2/c1-25-18(12-8-9-14(27-2)15(10-12)28-3)23-24-20(25)29-11-17(26)22-19-21-13-6-4-5-7-16(13)30-19/h4-10H,11H2,1-3H3,(H,21,22,26). The highest BCUT2D eigenvalue weighted by atomic mass is 32.2. The Bertz CT molecular complexity index is 1170. The molecule has 1 N–H and O–H groups in total. The molecule has 10 heteroatoms. The van der Waals surface area contributed by atoms with Crippen molar-refractivity contribution in [1.82, 2.24) is 19.7 Å². The molecule has 0 atom stereocenters. The number of hydrogen-bond donors (Lipinski definition) is 1. The van der Waals surface area contributed by atoms with Crippen LogP contribution in [0.15, 0.2) is 47.6 Å². The number of thioether (sulfide) groups is 1. The molecule has 154 valence electrons. The molecule has 0 saturated heterocycles. The molecular weight excluding hydrogens is 422 g/mol. The minimum absolute atomic E-state index is 0.144. The van der Waals surface area contributed by atoms with E-state index in [2.05, 4.69) is 20.5 Å². The maximum Gasteiger partial charge on any atom is 0.236 e. The molecule has 0 saturated carbocycles. The van der Waals surface area contributed by atoms with E-state index >= 15 is 0 Å². The first-order valence-electron chi connectivity index (χ1n) is 8.99. The van der Waals surface area contributed by atoms with Crippen molar-refractivity contribution in [2.24, 2.45) is 7.05 Å². The number of para-hydroxylation sites is 1. The van der Waals surface area contributed by atoms with E-state index < -0.39 is 0 Å². The number of hydrogen-bond acceptors (Lipinski definition) is 8. The smallest absolute Gasteiger partial charge is 0.236 e. The molecular formula is C20H19N5O3S2. The number of carbonyl (C=O) groups excluding carboxylic acids is 1. The van der Waals surface area contributed by atoms with Crippen molar-refractivity contribution in [3.63, 3.8) is 0 Å². The summed E-state index contributed by atoms with van der Waals surface area (Å²) in [5, 5.41) is 12.6. The Balaban J connectivity index is 1.43. The van der Waals surface area contributed by atoms with Crippen molar-refractivity contribution >= 4 is 44.4 Å². The lowest BCUT2D eigenvalue weighted by Gasteiger charge is -2.09. The molecule has 0 fully saturated rings. The van der Waals surface area contributed by atoms with Crippen LogP contribution in [0.5, 0.6) is 11.5 Å². The molecule has 2 aromatic heterocycles. The summed E-state index contributed by atoms with van der Waals surface area (Å²) in [6.07, 6.45) is 0. The second-order valence-corrected chi connectivity index (χ2v) is 8.23. The van der Waals surface area contributed by atoms with Crippen molar-refractivity contribution < 1.29 is 14.3 Å². The lowest BCUT2D eigenvalue weighted by Crippen LogP contribution is -2.14. The summed E-state index contributed by atoms with van der Waals surface area (Å²) >= 11 is 2.76. The van der Waals surface area contributed by atoms with Crippen LogP contribution in [-0.4, -0.2) is 45.6 Å². The van der Waals surface area contributed by atoms with Gasteiger partial charge >= 0.3 is 0 Å². The van der Waals surface area contributed by atoms with Gasteiger partial charge in [0.15, 0.2) is 27.6 Å². The van der Waals surface area contributed by atoms with Crippen molar-refractivity contribution in [2.75, 3.05) is 25.3 Å². The van der Waals surface area contributed by atoms with Crippen LogP contribution >= 0.6 is 23.1 Å². The van der Waals surface area contributed by atoms with Crippen LogP contribution in [0, 0.1) is 0 Å². The summed E-state index contributed by atoms with van der Waals surface area (Å²) < 4.78 is 13.5. The van der Waals surface area contributed by atoms with Gasteiger partial charge in [0.1, 0.15) is 0 Å². The molecule has 2 aromatic carbocycles. The number of benzene rings is 2. The second kappa shape index (κ2) is 8.72. The van der Waals surface area contributed by atoms with E-state index in [9.17, 15) is 4.79 Å². The van der Waals surface area contributed by atoms with Gasteiger partial charge in [-0.05, 0) is 30.3 Å². The SMILES string of the molecule is COc1ccc(-c2nnc(SCC(=O)Nc3nc4ccccc4s3)n2C)cc1OC. The monoisotopic (exact) mass is 441 g/mol. The fourth-order valence-corrected chi connectivity index (χ4v) is 4.47. The van der Waals surface area contributed by atoms with Gasteiger partial charge in [0.05, 0.1) is 30.2 Å². The molecule has 0 spiro atoms. The van der Waals surface area contributed by atoms with Crippen LogP contribution < -0.4 is 14.8 Å². The zero-order valence-corrected chi connectivity index (χ0v) is 18.2. The predicted octanol–water partition coefficient (Wildman–Crippen LogP) is 3.84. The number of nitrogens with zero attached hydrogens (tertiary/aromatic N) is 4. The van der Waals surface area contributed by atoms with Crippen LogP contribution in [0.1, 0.15) is 0 Å². The molecule has 0 aliphatic carbocycles. The Morgan fingerprint density at radius 2 is 1.93 bits per heavy atom. The number of aromatic nitrogens is 4. The molecule has 0 unspecified atom stereocenters. The molecule has 0 bridgehead atoms. The third-order valence-electron chi connectivity index (χ3n) is 4.35. The van der Waals surface area contributed by atoms with Gasteiger partial charge in [-0.25, -0.2) is 4.98 Å². The zero-order valence-electron chi connectivity index (χ0n) is 16.6. The maximum absolute atomic E-state index is 12.4. The van der Waals surface area contributed by atoms with Crippen molar-refractivity contribution in [1.29, 1.82) is 0 Å². The molecule has 8 nitrogen and oxygen atoms in total. The van der Waals surface area contributed by atoms with Gasteiger partial charge in [-0.1, -0.05) is 35.2 Å². The van der Waals surface area contributed by atoms with E-state index in [4.69, 9.17) is 9.47 Å². The Kier molecular flexibility index (Phi) is 5.86. The summed E-state index contributed by atoms with van der Waals surface area (Å²) in [5.74, 6) is 1.99. The topological polar surface area (TPSA) is 91.2 Å². The molecule has 4 aromatic rings. The Morgan fingerprint density at radius 3 is 2.70 bits per heavy atom. The van der Waals surface area contributed by atoms with Crippen LogP contribution in [-0.2, 0) is 11.8 Å². The van der Waals surface area contributed by atoms with Crippen molar-refractivity contribution in [3.05, 3.63) is 42.5 Å². The molecule has 0 aliphatic rings. The first-order valence-corrected chi connectivity index (χ1v) is 10.8. The highest BCUT2D eigenvalue weighted by Gasteiger charge is 2.15. The summed E-state index contributed by atoms with van der Waals surface area (Å²) in [7, 11) is 5.04. The summed E-state index contributed by atoms with van der Waals surface area (Å²) in [5.41, 5.74) is 1.71. The molecule has 0 aliphatic heterocycles. The molecule has 0 radical (unpaired) electrons. The first kappa shape index (κ1) is 20.2. The minimum atomic E-state index is -0.144. The number of fused-ring (bicyclic) bond motifs is 1. The van der Waals surface area contributed by atoms with E-state index in [0.29, 0.717) is 27.6 Å². The Labute approximate surface area is 181 Å². The number of amides is 1. The van der Waals surface area contributed by atoms with Crippen LogP contribution in [0.25, 0.3) is 21.6 Å². The van der Waals surface area contributed by atoms with E-state index in [1.54, 1.807) is 14.2 Å². The van der Waals surface area contributed by atoms with Crippen molar-refractivity contribution in [2.45, 2.75) is 5.16 Å². The molecule has 1 amide bonds. The van der Waals surface area contributed by atoms with Crippen LogP contribution in [0.4, 0.5) is 5.13 Å². The normalized spacial score (nSPS) is 10.9. The third-order valence-corrected chi connectivity index (χ3v) is 6.32. The third kappa shape index (κ3) is 4.10. The average Bonchev–Trinajstić information content (AvgIpc) is 3.34. The van der Waals surface area contributed by atoms with Gasteiger partial charge in [-0.2, -0.15) is 0 Å². The molecule has 2 heterocycles. The van der Waals surface area contributed by atoms with Gasteiger partial charge < -0.3 is 19.4 Å². The van der Waals surface area contributed by atoms with Gasteiger partial charge in [-0.15, -0.1) is 10.2 Å². The van der Waals surface area contributed by atoms with E-state index in [1.807, 2.05) is 54.1 Å². The quantitative estimate of drug-likeness (QED) is 0.436. The van der Waals surface area contributed by atoms with Gasteiger partial charge in [-0.3, -0.25) is 4.79 Å². The number of methoxy groups -OCH3 is 2. The summed E-state index contributed by atoms with van der Waals surface area (Å²) in [6, 6.07) is 13.3. The second-order valence-electron chi connectivity index (χ2n) is 6.26. The highest BCUT2D eigenvalue weighted by molar-refractivity contribution is 7.99. The van der Waals surface area contributed by atoms with Gasteiger partial charge in [0.2, 0.25) is 5.91 Å². The van der Waals surface area contributed by atoms with E-state index in [0.717, 1.165) is 15.8 Å². The fourth-order valence-electron chi connectivity index (χ4n) is 2.88. The number of thiazole rings is 1. The number of anilines is 1. The van der Waals surface area contributed by atoms with Crippen molar-refractivity contribution in [3.8, 4) is 22.9 Å². The lowest BCUT2D eigenvalue weighted by atomic mass is 10.2. The average molecular weight is 442 g/mol. The van der Waals surface area contributed by atoms with E-state index in [-0.39, 0.29) is 11.7 Å². The Hall–Kier alpha value is -3.11. The number of rotatable bonds is 7. The highest BCUT2D eigenvalue weighted by Crippen LogP contribution is 2.32. The first-order chi connectivity index (χ1) is 14.6. The Morgan fingerprint density at radius 1 is 1.13 bits per heavy atom. The van der Waals surface area contributed by atoms with Crippen LogP contribution in [0.3, 0.4) is 0 Å². The number of carbonyl (C=O) groups is 1. The maximum atomic E-state index is 12.4. The van der Waals surface area contributed by atoms with E-state index in [1.165, 1.54) is 23.1 Å². The summed E-state index contributed by atoms with van der Waals surface area (Å²) in [6.45, 7) is 0. The van der Waals surface area contributed by atoms with Crippen LogP contribution in [0.2, 0.25) is 0 Å². The molecule has 4 rings (SSSR count). The number of ether oxygens (including phenoxy) is 2. The van der Waals surface area contributed by atoms with Gasteiger partial charge in [0, 0.05) is 12.6 Å². The fraction of sp³-hybridized carbons (Fsp3) is 0.200. The minimum Gasteiger partial charge on any atom is -0.493 e. The van der Waals surface area contributed by atoms with Gasteiger partial charge in [0.25, 0.3) is 0 Å². The number of nitrogens with one attached hydrogen (secondary N) is 1. The zero-order chi connectivity index (χ0) is 21.1. The summed E-state index contributed by atoms with van der Waals surface area (Å²) in [4.78, 5) is 16.8. The molecule has 30 heavy (non-hydrogen) atoms.